The first-order valence-electron chi connectivity index (χ1n) is 5.83. The molecule has 104 valence electrons. The summed E-state index contributed by atoms with van der Waals surface area (Å²) in [6, 6.07) is 3.02. The van der Waals surface area contributed by atoms with Gasteiger partial charge in [0.25, 0.3) is 0 Å². The van der Waals surface area contributed by atoms with Crippen LogP contribution in [0.5, 0.6) is 0 Å². The SMILES string of the molecule is O=C(O)CC1COCCN1Cc1ccc([N+](=O)[O-])s1. The summed E-state index contributed by atoms with van der Waals surface area (Å²) in [5.74, 6) is -0.863. The van der Waals surface area contributed by atoms with Gasteiger partial charge in [-0.2, -0.15) is 0 Å². The molecule has 2 heterocycles. The lowest BCUT2D eigenvalue weighted by molar-refractivity contribution is -0.380. The molecule has 1 atom stereocenters. The Labute approximate surface area is 113 Å². The van der Waals surface area contributed by atoms with E-state index >= 15 is 0 Å². The molecular weight excluding hydrogens is 272 g/mol. The van der Waals surface area contributed by atoms with Gasteiger partial charge in [0.15, 0.2) is 0 Å². The van der Waals surface area contributed by atoms with Gasteiger partial charge in [0.2, 0.25) is 0 Å². The quantitative estimate of drug-likeness (QED) is 0.648. The fourth-order valence-corrected chi connectivity index (χ4v) is 2.88. The molecule has 0 saturated carbocycles. The van der Waals surface area contributed by atoms with E-state index in [2.05, 4.69) is 0 Å². The van der Waals surface area contributed by atoms with Gasteiger partial charge in [-0.05, 0) is 6.07 Å². The van der Waals surface area contributed by atoms with E-state index in [0.717, 1.165) is 16.2 Å². The van der Waals surface area contributed by atoms with Crippen LogP contribution in [0.15, 0.2) is 12.1 Å². The second kappa shape index (κ2) is 6.09. The highest BCUT2D eigenvalue weighted by atomic mass is 32.1. The van der Waals surface area contributed by atoms with Gasteiger partial charge in [-0.3, -0.25) is 19.8 Å². The molecule has 1 unspecified atom stereocenters. The van der Waals surface area contributed by atoms with Crippen molar-refractivity contribution >= 4 is 22.3 Å². The van der Waals surface area contributed by atoms with Crippen molar-refractivity contribution in [3.8, 4) is 0 Å². The molecule has 0 bridgehead atoms. The molecule has 7 nitrogen and oxygen atoms in total. The van der Waals surface area contributed by atoms with Crippen LogP contribution in [-0.4, -0.2) is 46.7 Å². The van der Waals surface area contributed by atoms with Gasteiger partial charge < -0.3 is 9.84 Å². The average molecular weight is 286 g/mol. The average Bonchev–Trinajstić information content (AvgIpc) is 2.80. The van der Waals surface area contributed by atoms with E-state index in [4.69, 9.17) is 9.84 Å². The molecule has 0 spiro atoms. The Kier molecular flexibility index (Phi) is 4.46. The number of hydrogen-bond donors (Lipinski definition) is 1. The maximum Gasteiger partial charge on any atom is 0.324 e. The Morgan fingerprint density at radius 3 is 3.05 bits per heavy atom. The minimum Gasteiger partial charge on any atom is -0.481 e. The molecule has 1 saturated heterocycles. The first kappa shape index (κ1) is 13.9. The summed E-state index contributed by atoms with van der Waals surface area (Å²) in [4.78, 5) is 23.9. The van der Waals surface area contributed by atoms with Gasteiger partial charge in [-0.15, -0.1) is 0 Å². The van der Waals surface area contributed by atoms with Crippen molar-refractivity contribution in [2.24, 2.45) is 0 Å². The third kappa shape index (κ3) is 3.72. The van der Waals surface area contributed by atoms with Gasteiger partial charge in [0.1, 0.15) is 0 Å². The van der Waals surface area contributed by atoms with Crippen LogP contribution in [0, 0.1) is 10.1 Å². The summed E-state index contributed by atoms with van der Waals surface area (Å²) >= 11 is 1.13. The highest BCUT2D eigenvalue weighted by Gasteiger charge is 2.26. The molecule has 8 heteroatoms. The second-order valence-electron chi connectivity index (χ2n) is 4.29. The Balaban J connectivity index is 2.01. The highest BCUT2D eigenvalue weighted by Crippen LogP contribution is 2.26. The maximum atomic E-state index is 10.8. The van der Waals surface area contributed by atoms with Crippen molar-refractivity contribution in [2.75, 3.05) is 19.8 Å². The van der Waals surface area contributed by atoms with Gasteiger partial charge in [-0.25, -0.2) is 0 Å². The number of carbonyl (C=O) groups is 1. The summed E-state index contributed by atoms with van der Waals surface area (Å²) < 4.78 is 5.28. The zero-order valence-corrected chi connectivity index (χ0v) is 11.0. The van der Waals surface area contributed by atoms with E-state index in [0.29, 0.717) is 26.3 Å². The van der Waals surface area contributed by atoms with Gasteiger partial charge >= 0.3 is 11.0 Å². The molecule has 19 heavy (non-hydrogen) atoms. The van der Waals surface area contributed by atoms with Crippen molar-refractivity contribution in [3.63, 3.8) is 0 Å². The molecule has 1 aromatic heterocycles. The van der Waals surface area contributed by atoms with Crippen molar-refractivity contribution in [1.82, 2.24) is 4.90 Å². The molecule has 1 aliphatic heterocycles. The summed E-state index contributed by atoms with van der Waals surface area (Å²) in [6.45, 7) is 2.12. The molecule has 1 fully saturated rings. The van der Waals surface area contributed by atoms with Crippen molar-refractivity contribution in [2.45, 2.75) is 19.0 Å². The zero-order valence-electron chi connectivity index (χ0n) is 10.2. The van der Waals surface area contributed by atoms with E-state index in [-0.39, 0.29) is 17.5 Å². The molecule has 0 aliphatic carbocycles. The Hall–Kier alpha value is -1.51. The predicted octanol–water partition coefficient (Wildman–Crippen LogP) is 1.33. The van der Waals surface area contributed by atoms with E-state index in [1.165, 1.54) is 6.07 Å². The number of hydrogen-bond acceptors (Lipinski definition) is 6. The van der Waals surface area contributed by atoms with Gasteiger partial charge in [0, 0.05) is 30.1 Å². The molecule has 0 amide bonds. The van der Waals surface area contributed by atoms with Crippen LogP contribution < -0.4 is 0 Å². The Bertz CT molecular complexity index is 475. The molecule has 1 aliphatic rings. The number of nitrogens with zero attached hydrogens (tertiary/aromatic N) is 2. The third-order valence-electron chi connectivity index (χ3n) is 2.95. The molecule has 1 aromatic rings. The Morgan fingerprint density at radius 1 is 1.63 bits per heavy atom. The summed E-state index contributed by atoms with van der Waals surface area (Å²) in [6.07, 6.45) is 0.0213. The largest absolute Gasteiger partial charge is 0.481 e. The third-order valence-corrected chi connectivity index (χ3v) is 3.97. The summed E-state index contributed by atoms with van der Waals surface area (Å²) in [5, 5.41) is 19.6. The maximum absolute atomic E-state index is 10.8. The Morgan fingerprint density at radius 2 is 2.42 bits per heavy atom. The summed E-state index contributed by atoms with van der Waals surface area (Å²) in [5.41, 5.74) is 0. The smallest absolute Gasteiger partial charge is 0.324 e. The monoisotopic (exact) mass is 286 g/mol. The van der Waals surface area contributed by atoms with Crippen LogP contribution in [0.4, 0.5) is 5.00 Å². The number of thiophene rings is 1. The lowest BCUT2D eigenvalue weighted by Gasteiger charge is -2.34. The minimum atomic E-state index is -0.863. The van der Waals surface area contributed by atoms with E-state index in [1.807, 2.05) is 4.90 Å². The summed E-state index contributed by atoms with van der Waals surface area (Å²) in [7, 11) is 0. The first-order valence-corrected chi connectivity index (χ1v) is 6.64. The fourth-order valence-electron chi connectivity index (χ4n) is 2.04. The molecule has 2 rings (SSSR count). The number of carboxylic acids is 1. The number of carboxylic acid groups (broad SMARTS) is 1. The molecule has 0 radical (unpaired) electrons. The van der Waals surface area contributed by atoms with Crippen molar-refractivity contribution in [3.05, 3.63) is 27.1 Å². The van der Waals surface area contributed by atoms with Crippen LogP contribution in [0.25, 0.3) is 0 Å². The highest BCUT2D eigenvalue weighted by molar-refractivity contribution is 7.15. The molecule has 0 aromatic carbocycles. The van der Waals surface area contributed by atoms with Crippen LogP contribution in [0.3, 0.4) is 0 Å². The lowest BCUT2D eigenvalue weighted by Crippen LogP contribution is -2.45. The van der Waals surface area contributed by atoms with Crippen molar-refractivity contribution in [1.29, 1.82) is 0 Å². The van der Waals surface area contributed by atoms with E-state index < -0.39 is 10.9 Å². The fraction of sp³-hybridized carbons (Fsp3) is 0.545. The van der Waals surface area contributed by atoms with Crippen LogP contribution >= 0.6 is 11.3 Å². The van der Waals surface area contributed by atoms with Crippen molar-refractivity contribution < 1.29 is 19.6 Å². The second-order valence-corrected chi connectivity index (χ2v) is 5.44. The lowest BCUT2D eigenvalue weighted by atomic mass is 10.1. The normalized spacial score (nSPS) is 20.3. The van der Waals surface area contributed by atoms with Crippen LogP contribution in [0.1, 0.15) is 11.3 Å². The molecular formula is C11H14N2O5S. The zero-order chi connectivity index (χ0) is 13.8. The van der Waals surface area contributed by atoms with Crippen LogP contribution in [0.2, 0.25) is 0 Å². The standard InChI is InChI=1S/C11H14N2O5S/c14-11(15)5-8-7-18-4-3-12(8)6-9-1-2-10(19-9)13(16)17/h1-2,8H,3-7H2,(H,14,15). The number of ether oxygens (including phenoxy) is 1. The van der Waals surface area contributed by atoms with Crippen LogP contribution in [-0.2, 0) is 16.1 Å². The van der Waals surface area contributed by atoms with E-state index in [9.17, 15) is 14.9 Å². The minimum absolute atomic E-state index is 0.0213. The number of rotatable bonds is 5. The molecule has 1 N–H and O–H groups in total. The number of morpholine rings is 1. The van der Waals surface area contributed by atoms with Gasteiger partial charge in [-0.1, -0.05) is 11.3 Å². The predicted molar refractivity (Wildman–Crippen MR) is 68.2 cm³/mol. The number of aliphatic carboxylic acids is 1. The first-order chi connectivity index (χ1) is 9.06. The van der Waals surface area contributed by atoms with Gasteiger partial charge in [0.05, 0.1) is 24.6 Å². The topological polar surface area (TPSA) is 92.9 Å². The number of nitro groups is 1. The van der Waals surface area contributed by atoms with E-state index in [1.54, 1.807) is 6.07 Å².